The van der Waals surface area contributed by atoms with E-state index in [1.165, 1.54) is 13.0 Å². The first kappa shape index (κ1) is 14.4. The van der Waals surface area contributed by atoms with E-state index in [1.807, 2.05) is 30.3 Å². The van der Waals surface area contributed by atoms with Gasteiger partial charge in [0.2, 0.25) is 5.91 Å². The normalized spacial score (nSPS) is 13.4. The highest BCUT2D eigenvalue weighted by Gasteiger charge is 2.08. The summed E-state index contributed by atoms with van der Waals surface area (Å²) in [6.07, 6.45) is 3.19. The lowest BCUT2D eigenvalue weighted by molar-refractivity contribution is -0.119. The molecular weight excluding hydrogens is 250 g/mol. The van der Waals surface area contributed by atoms with Crippen molar-refractivity contribution in [1.82, 2.24) is 5.32 Å². The molecule has 1 N–H and O–H groups in total. The van der Waals surface area contributed by atoms with Crippen LogP contribution in [0.5, 0.6) is 0 Å². The van der Waals surface area contributed by atoms with E-state index in [9.17, 15) is 13.2 Å². The van der Waals surface area contributed by atoms with Crippen molar-refractivity contribution in [3.63, 3.8) is 0 Å². The number of carbonyl (C=O) groups is 1. The third kappa shape index (κ3) is 6.20. The Labute approximate surface area is 108 Å². The fourth-order valence-corrected chi connectivity index (χ4v) is 2.01. The molecule has 0 fully saturated rings. The van der Waals surface area contributed by atoms with Crippen molar-refractivity contribution in [2.75, 3.05) is 6.26 Å². The van der Waals surface area contributed by atoms with Crippen LogP contribution in [-0.2, 0) is 21.1 Å². The van der Waals surface area contributed by atoms with Gasteiger partial charge in [0.05, 0.1) is 6.04 Å². The molecular formula is C13H17NO3S. The van der Waals surface area contributed by atoms with Crippen LogP contribution in [0.25, 0.3) is 0 Å². The maximum Gasteiger partial charge on any atom is 0.217 e. The molecule has 18 heavy (non-hydrogen) atoms. The summed E-state index contributed by atoms with van der Waals surface area (Å²) >= 11 is 0. The van der Waals surface area contributed by atoms with Gasteiger partial charge < -0.3 is 5.32 Å². The molecule has 1 rings (SSSR count). The summed E-state index contributed by atoms with van der Waals surface area (Å²) in [6.45, 7) is 1.41. The summed E-state index contributed by atoms with van der Waals surface area (Å²) < 4.78 is 22.1. The molecule has 5 heteroatoms. The minimum atomic E-state index is -3.18. The predicted molar refractivity (Wildman–Crippen MR) is 71.7 cm³/mol. The van der Waals surface area contributed by atoms with Gasteiger partial charge >= 0.3 is 0 Å². The highest BCUT2D eigenvalue weighted by molar-refractivity contribution is 7.93. The van der Waals surface area contributed by atoms with Gasteiger partial charge in [-0.15, -0.1) is 0 Å². The Morgan fingerprint density at radius 2 is 1.94 bits per heavy atom. The van der Waals surface area contributed by atoms with Crippen LogP contribution in [0, 0.1) is 0 Å². The second-order valence-corrected chi connectivity index (χ2v) is 6.09. The van der Waals surface area contributed by atoms with Crippen molar-refractivity contribution in [3.8, 4) is 0 Å². The van der Waals surface area contributed by atoms with Crippen molar-refractivity contribution in [3.05, 3.63) is 47.4 Å². The number of amides is 1. The smallest absolute Gasteiger partial charge is 0.217 e. The second kappa shape index (κ2) is 6.35. The Bertz CT molecular complexity index is 520. The van der Waals surface area contributed by atoms with Gasteiger partial charge in [-0.05, 0) is 12.0 Å². The van der Waals surface area contributed by atoms with E-state index in [0.29, 0.717) is 6.42 Å². The Balaban J connectivity index is 2.79. The number of nitrogens with one attached hydrogen (secondary N) is 1. The topological polar surface area (TPSA) is 63.2 Å². The van der Waals surface area contributed by atoms with Gasteiger partial charge in [0.1, 0.15) is 0 Å². The van der Waals surface area contributed by atoms with Crippen molar-refractivity contribution < 1.29 is 13.2 Å². The lowest BCUT2D eigenvalue weighted by atomic mass is 10.1. The van der Waals surface area contributed by atoms with Crippen molar-refractivity contribution >= 4 is 15.7 Å². The van der Waals surface area contributed by atoms with Crippen molar-refractivity contribution in [1.29, 1.82) is 0 Å². The zero-order chi connectivity index (χ0) is 13.6. The van der Waals surface area contributed by atoms with Crippen LogP contribution in [0.2, 0.25) is 0 Å². The standard InChI is InChI=1S/C13H17NO3S/c1-11(15)14-13(8-9-18(2,16)17)10-12-6-4-3-5-7-12/h3-9,13H,10H2,1-2H3,(H,14,15)/b9-8+. The SMILES string of the molecule is CC(=O)NC(/C=C/S(C)(=O)=O)Cc1ccccc1. The van der Waals surface area contributed by atoms with Crippen molar-refractivity contribution in [2.24, 2.45) is 0 Å². The highest BCUT2D eigenvalue weighted by atomic mass is 32.2. The average Bonchev–Trinajstić information content (AvgIpc) is 2.25. The Hall–Kier alpha value is -1.62. The van der Waals surface area contributed by atoms with Gasteiger partial charge in [-0.2, -0.15) is 0 Å². The largest absolute Gasteiger partial charge is 0.350 e. The highest BCUT2D eigenvalue weighted by Crippen LogP contribution is 2.05. The molecule has 0 aromatic heterocycles. The summed E-state index contributed by atoms with van der Waals surface area (Å²) in [4.78, 5) is 11.1. The number of hydrogen-bond acceptors (Lipinski definition) is 3. The molecule has 0 heterocycles. The van der Waals surface area contributed by atoms with Gasteiger partial charge in [-0.25, -0.2) is 8.42 Å². The summed E-state index contributed by atoms with van der Waals surface area (Å²) in [7, 11) is -3.18. The number of hydrogen-bond donors (Lipinski definition) is 1. The monoisotopic (exact) mass is 267 g/mol. The summed E-state index contributed by atoms with van der Waals surface area (Å²) in [5, 5.41) is 3.83. The van der Waals surface area contributed by atoms with Gasteiger partial charge in [0.15, 0.2) is 9.84 Å². The summed E-state index contributed by atoms with van der Waals surface area (Å²) in [5.74, 6) is -0.186. The molecule has 1 aromatic rings. The van der Waals surface area contributed by atoms with E-state index in [1.54, 1.807) is 0 Å². The van der Waals surface area contributed by atoms with Crippen LogP contribution in [0.3, 0.4) is 0 Å². The minimum absolute atomic E-state index is 0.186. The Morgan fingerprint density at radius 1 is 1.33 bits per heavy atom. The molecule has 0 aliphatic carbocycles. The molecule has 1 aromatic carbocycles. The minimum Gasteiger partial charge on any atom is -0.350 e. The van der Waals surface area contributed by atoms with E-state index < -0.39 is 9.84 Å². The molecule has 1 unspecified atom stereocenters. The molecule has 0 radical (unpaired) electrons. The fourth-order valence-electron chi connectivity index (χ4n) is 1.53. The maximum atomic E-state index is 11.1. The lowest BCUT2D eigenvalue weighted by Gasteiger charge is -2.13. The van der Waals surface area contributed by atoms with Crippen LogP contribution in [0.15, 0.2) is 41.8 Å². The van der Waals surface area contributed by atoms with Crippen LogP contribution < -0.4 is 5.32 Å². The molecule has 98 valence electrons. The fraction of sp³-hybridized carbons (Fsp3) is 0.308. The quantitative estimate of drug-likeness (QED) is 0.874. The van der Waals surface area contributed by atoms with Crippen LogP contribution in [-0.4, -0.2) is 26.6 Å². The summed E-state index contributed by atoms with van der Waals surface area (Å²) in [5.41, 5.74) is 1.04. The summed E-state index contributed by atoms with van der Waals surface area (Å²) in [6, 6.07) is 9.26. The van der Waals surface area contributed by atoms with Crippen LogP contribution in [0.1, 0.15) is 12.5 Å². The number of rotatable bonds is 5. The molecule has 4 nitrogen and oxygen atoms in total. The zero-order valence-corrected chi connectivity index (χ0v) is 11.3. The van der Waals surface area contributed by atoms with Crippen molar-refractivity contribution in [2.45, 2.75) is 19.4 Å². The van der Waals surface area contributed by atoms with Gasteiger partial charge in [-0.1, -0.05) is 36.4 Å². The average molecular weight is 267 g/mol. The maximum absolute atomic E-state index is 11.1. The van der Waals surface area contributed by atoms with E-state index in [-0.39, 0.29) is 11.9 Å². The first-order chi connectivity index (χ1) is 8.37. The van der Waals surface area contributed by atoms with E-state index in [2.05, 4.69) is 5.32 Å². The van der Waals surface area contributed by atoms with E-state index in [0.717, 1.165) is 17.2 Å². The molecule has 0 aliphatic heterocycles. The van der Waals surface area contributed by atoms with Gasteiger partial charge in [-0.3, -0.25) is 4.79 Å². The Morgan fingerprint density at radius 3 is 2.44 bits per heavy atom. The van der Waals surface area contributed by atoms with Gasteiger partial charge in [0.25, 0.3) is 0 Å². The lowest BCUT2D eigenvalue weighted by Crippen LogP contribution is -2.33. The first-order valence-electron chi connectivity index (χ1n) is 5.56. The van der Waals surface area contributed by atoms with Crippen LogP contribution in [0.4, 0.5) is 0 Å². The molecule has 0 spiro atoms. The predicted octanol–water partition coefficient (Wildman–Crippen LogP) is 1.29. The molecule has 1 amide bonds. The molecule has 0 saturated heterocycles. The molecule has 0 aliphatic rings. The Kier molecular flexibility index (Phi) is 5.09. The van der Waals surface area contributed by atoms with E-state index in [4.69, 9.17) is 0 Å². The van der Waals surface area contributed by atoms with Crippen LogP contribution >= 0.6 is 0 Å². The molecule has 0 saturated carbocycles. The second-order valence-electron chi connectivity index (χ2n) is 4.15. The number of benzene rings is 1. The molecule has 1 atom stereocenters. The van der Waals surface area contributed by atoms with E-state index >= 15 is 0 Å². The number of carbonyl (C=O) groups excluding carboxylic acids is 1. The third-order valence-electron chi connectivity index (χ3n) is 2.25. The third-order valence-corrected chi connectivity index (χ3v) is 2.90. The first-order valence-corrected chi connectivity index (χ1v) is 7.51. The number of sulfone groups is 1. The van der Waals surface area contributed by atoms with Gasteiger partial charge in [0, 0.05) is 18.6 Å². The zero-order valence-electron chi connectivity index (χ0n) is 10.5. The molecule has 0 bridgehead atoms.